The molecule has 0 radical (unpaired) electrons. The summed E-state index contributed by atoms with van der Waals surface area (Å²) in [7, 11) is 0. The standard InChI is InChI=1S/C13H12BrFN2O3/c14-10-6-9(15)3-4-11(10)16-12(18)8-2-1-5-17(7-8)13(19)20/h2-4,6H,1,5,7H2,(H,16,18)(H,19,20). The van der Waals surface area contributed by atoms with Crippen molar-refractivity contribution in [3.05, 3.63) is 40.1 Å². The molecule has 1 heterocycles. The van der Waals surface area contributed by atoms with E-state index < -0.39 is 11.9 Å². The van der Waals surface area contributed by atoms with E-state index in [9.17, 15) is 14.0 Å². The molecule has 1 aromatic carbocycles. The number of halogens is 2. The van der Waals surface area contributed by atoms with Crippen LogP contribution in [0, 0.1) is 5.82 Å². The minimum Gasteiger partial charge on any atom is -0.465 e. The van der Waals surface area contributed by atoms with E-state index in [0.29, 0.717) is 28.7 Å². The summed E-state index contributed by atoms with van der Waals surface area (Å²) < 4.78 is 13.4. The minimum atomic E-state index is -1.05. The number of benzene rings is 1. The molecule has 1 aromatic rings. The molecule has 2 rings (SSSR count). The zero-order valence-corrected chi connectivity index (χ0v) is 12.0. The third-order valence-electron chi connectivity index (χ3n) is 2.89. The maximum Gasteiger partial charge on any atom is 0.407 e. The van der Waals surface area contributed by atoms with Gasteiger partial charge in [-0.3, -0.25) is 4.79 Å². The van der Waals surface area contributed by atoms with E-state index in [2.05, 4.69) is 21.2 Å². The maximum atomic E-state index is 13.0. The molecule has 5 nitrogen and oxygen atoms in total. The van der Waals surface area contributed by atoms with Crippen LogP contribution in [0.2, 0.25) is 0 Å². The number of carbonyl (C=O) groups is 2. The molecule has 20 heavy (non-hydrogen) atoms. The third kappa shape index (κ3) is 3.36. The highest BCUT2D eigenvalue weighted by molar-refractivity contribution is 9.10. The molecule has 0 aromatic heterocycles. The Labute approximate surface area is 123 Å². The normalized spacial score (nSPS) is 14.7. The van der Waals surface area contributed by atoms with Crippen molar-refractivity contribution in [3.8, 4) is 0 Å². The van der Waals surface area contributed by atoms with E-state index in [-0.39, 0.29) is 12.5 Å². The van der Waals surface area contributed by atoms with Crippen molar-refractivity contribution in [2.45, 2.75) is 6.42 Å². The molecular formula is C13H12BrFN2O3. The number of nitrogens with zero attached hydrogens (tertiary/aromatic N) is 1. The first-order valence-corrected chi connectivity index (χ1v) is 6.70. The molecule has 0 fully saturated rings. The van der Waals surface area contributed by atoms with Crippen LogP contribution in [0.1, 0.15) is 6.42 Å². The van der Waals surface area contributed by atoms with Gasteiger partial charge in [-0.1, -0.05) is 6.08 Å². The van der Waals surface area contributed by atoms with Crippen molar-refractivity contribution in [2.24, 2.45) is 0 Å². The zero-order valence-electron chi connectivity index (χ0n) is 10.4. The summed E-state index contributed by atoms with van der Waals surface area (Å²) in [5.74, 6) is -0.799. The van der Waals surface area contributed by atoms with Gasteiger partial charge in [-0.25, -0.2) is 9.18 Å². The van der Waals surface area contributed by atoms with Crippen molar-refractivity contribution < 1.29 is 19.1 Å². The van der Waals surface area contributed by atoms with E-state index in [1.807, 2.05) is 0 Å². The van der Waals surface area contributed by atoms with Crippen LogP contribution in [0.3, 0.4) is 0 Å². The van der Waals surface area contributed by atoms with Crippen LogP contribution in [0.25, 0.3) is 0 Å². The van der Waals surface area contributed by atoms with Gasteiger partial charge in [0.2, 0.25) is 0 Å². The Morgan fingerprint density at radius 3 is 2.80 bits per heavy atom. The van der Waals surface area contributed by atoms with E-state index in [1.165, 1.54) is 23.1 Å². The summed E-state index contributed by atoms with van der Waals surface area (Å²) in [4.78, 5) is 24.1. The van der Waals surface area contributed by atoms with Crippen LogP contribution in [-0.4, -0.2) is 35.1 Å². The Morgan fingerprint density at radius 1 is 1.40 bits per heavy atom. The van der Waals surface area contributed by atoms with Gasteiger partial charge in [-0.05, 0) is 40.5 Å². The Morgan fingerprint density at radius 2 is 2.15 bits per heavy atom. The highest BCUT2D eigenvalue weighted by atomic mass is 79.9. The Kier molecular flexibility index (Phi) is 4.39. The topological polar surface area (TPSA) is 69.6 Å². The number of hydrogen-bond donors (Lipinski definition) is 2. The van der Waals surface area contributed by atoms with Gasteiger partial charge in [0.25, 0.3) is 5.91 Å². The van der Waals surface area contributed by atoms with Crippen LogP contribution >= 0.6 is 15.9 Å². The summed E-state index contributed by atoms with van der Waals surface area (Å²) in [5.41, 5.74) is 0.819. The lowest BCUT2D eigenvalue weighted by Crippen LogP contribution is -2.37. The van der Waals surface area contributed by atoms with Crippen molar-refractivity contribution in [1.82, 2.24) is 4.90 Å². The Bertz CT molecular complexity index is 589. The van der Waals surface area contributed by atoms with Gasteiger partial charge in [0, 0.05) is 16.6 Å². The fraction of sp³-hybridized carbons (Fsp3) is 0.231. The summed E-state index contributed by atoms with van der Waals surface area (Å²) in [6.45, 7) is 0.437. The van der Waals surface area contributed by atoms with Crippen LogP contribution in [0.4, 0.5) is 14.9 Å². The lowest BCUT2D eigenvalue weighted by Gasteiger charge is -2.24. The monoisotopic (exact) mass is 342 g/mol. The van der Waals surface area contributed by atoms with Crippen molar-refractivity contribution in [3.63, 3.8) is 0 Å². The first-order valence-electron chi connectivity index (χ1n) is 5.90. The molecule has 2 N–H and O–H groups in total. The second-order valence-electron chi connectivity index (χ2n) is 4.30. The summed E-state index contributed by atoms with van der Waals surface area (Å²) in [6, 6.07) is 3.92. The average Bonchev–Trinajstić information content (AvgIpc) is 2.42. The second-order valence-corrected chi connectivity index (χ2v) is 5.15. The molecule has 106 valence electrons. The first kappa shape index (κ1) is 14.5. The van der Waals surface area contributed by atoms with E-state index in [1.54, 1.807) is 6.08 Å². The molecule has 0 spiro atoms. The molecule has 1 aliphatic rings. The van der Waals surface area contributed by atoms with Gasteiger partial charge in [-0.2, -0.15) is 0 Å². The van der Waals surface area contributed by atoms with Gasteiger partial charge >= 0.3 is 6.09 Å². The maximum absolute atomic E-state index is 13.0. The number of carbonyl (C=O) groups excluding carboxylic acids is 1. The van der Waals surface area contributed by atoms with Gasteiger partial charge in [0.05, 0.1) is 12.2 Å². The SMILES string of the molecule is O=C(Nc1ccc(F)cc1Br)C1=CCCN(C(=O)O)C1. The molecule has 2 amide bonds. The first-order chi connectivity index (χ1) is 9.47. The minimum absolute atomic E-state index is 0.0555. The summed E-state index contributed by atoms with van der Waals surface area (Å²) >= 11 is 3.16. The summed E-state index contributed by atoms with van der Waals surface area (Å²) in [6.07, 6.45) is 1.16. The molecule has 0 aliphatic carbocycles. The predicted octanol–water partition coefficient (Wildman–Crippen LogP) is 2.84. The van der Waals surface area contributed by atoms with Crippen molar-refractivity contribution in [1.29, 1.82) is 0 Å². The molecule has 0 saturated heterocycles. The van der Waals surface area contributed by atoms with E-state index >= 15 is 0 Å². The molecular weight excluding hydrogens is 331 g/mol. The van der Waals surface area contributed by atoms with Crippen molar-refractivity contribution >= 4 is 33.6 Å². The molecule has 0 atom stereocenters. The molecule has 1 aliphatic heterocycles. The Balaban J connectivity index is 2.08. The third-order valence-corrected chi connectivity index (χ3v) is 3.55. The highest BCUT2D eigenvalue weighted by Crippen LogP contribution is 2.24. The number of hydrogen-bond acceptors (Lipinski definition) is 2. The van der Waals surface area contributed by atoms with Crippen LogP contribution in [-0.2, 0) is 4.79 Å². The van der Waals surface area contributed by atoms with E-state index in [4.69, 9.17) is 5.11 Å². The van der Waals surface area contributed by atoms with Crippen LogP contribution in [0.5, 0.6) is 0 Å². The Hall–Kier alpha value is -1.89. The number of carboxylic acid groups (broad SMARTS) is 1. The number of anilines is 1. The van der Waals surface area contributed by atoms with E-state index in [0.717, 1.165) is 0 Å². The molecule has 0 bridgehead atoms. The highest BCUT2D eigenvalue weighted by Gasteiger charge is 2.21. The fourth-order valence-electron chi connectivity index (χ4n) is 1.87. The zero-order chi connectivity index (χ0) is 14.7. The molecule has 0 saturated carbocycles. The quantitative estimate of drug-likeness (QED) is 0.868. The smallest absolute Gasteiger partial charge is 0.407 e. The number of amides is 2. The predicted molar refractivity (Wildman–Crippen MR) is 75.0 cm³/mol. The van der Waals surface area contributed by atoms with Gasteiger partial charge < -0.3 is 15.3 Å². The molecule has 7 heteroatoms. The number of nitrogens with one attached hydrogen (secondary N) is 1. The van der Waals surface area contributed by atoms with Gasteiger partial charge in [0.1, 0.15) is 5.82 Å². The largest absolute Gasteiger partial charge is 0.465 e. The van der Waals surface area contributed by atoms with Gasteiger partial charge in [0.15, 0.2) is 0 Å². The average molecular weight is 343 g/mol. The molecule has 0 unspecified atom stereocenters. The van der Waals surface area contributed by atoms with Crippen LogP contribution < -0.4 is 5.32 Å². The van der Waals surface area contributed by atoms with Gasteiger partial charge in [-0.15, -0.1) is 0 Å². The lowest BCUT2D eigenvalue weighted by molar-refractivity contribution is -0.113. The number of rotatable bonds is 2. The summed E-state index contributed by atoms with van der Waals surface area (Å²) in [5, 5.41) is 11.5. The second kappa shape index (κ2) is 6.04. The van der Waals surface area contributed by atoms with Crippen molar-refractivity contribution in [2.75, 3.05) is 18.4 Å². The fourth-order valence-corrected chi connectivity index (χ4v) is 2.32. The lowest BCUT2D eigenvalue weighted by atomic mass is 10.1. The van der Waals surface area contributed by atoms with Crippen LogP contribution in [0.15, 0.2) is 34.3 Å².